The highest BCUT2D eigenvalue weighted by atomic mass is 19.1. The Balaban J connectivity index is 3.10. The molecule has 0 aromatic heterocycles. The zero-order chi connectivity index (χ0) is 13.7. The van der Waals surface area contributed by atoms with E-state index in [1.54, 1.807) is 7.05 Å². The van der Waals surface area contributed by atoms with Crippen LogP contribution in [0.2, 0.25) is 0 Å². The van der Waals surface area contributed by atoms with Gasteiger partial charge >= 0.3 is 0 Å². The highest BCUT2D eigenvalue weighted by molar-refractivity contribution is 5.23. The van der Waals surface area contributed by atoms with Crippen LogP contribution in [-0.4, -0.2) is 20.6 Å². The molecule has 2 N–H and O–H groups in total. The van der Waals surface area contributed by atoms with Crippen LogP contribution in [0.5, 0.6) is 0 Å². The molecule has 2 atom stereocenters. The van der Waals surface area contributed by atoms with E-state index in [2.05, 4.69) is 24.5 Å². The van der Waals surface area contributed by atoms with Crippen molar-refractivity contribution in [2.75, 3.05) is 20.6 Å². The van der Waals surface area contributed by atoms with E-state index in [-0.39, 0.29) is 17.8 Å². The summed E-state index contributed by atoms with van der Waals surface area (Å²) in [5, 5.41) is 6.22. The van der Waals surface area contributed by atoms with Gasteiger partial charge < -0.3 is 10.6 Å². The molecule has 0 saturated carbocycles. The lowest BCUT2D eigenvalue weighted by atomic mass is 9.84. The van der Waals surface area contributed by atoms with Crippen LogP contribution < -0.4 is 10.6 Å². The van der Waals surface area contributed by atoms with Crippen LogP contribution in [0.1, 0.15) is 25.5 Å². The van der Waals surface area contributed by atoms with Crippen molar-refractivity contribution >= 4 is 0 Å². The molecule has 0 aliphatic carbocycles. The molecule has 1 rings (SSSR count). The molecular formula is C14H22F2N2. The van der Waals surface area contributed by atoms with Crippen LogP contribution in [0.4, 0.5) is 8.78 Å². The second kappa shape index (κ2) is 6.81. The largest absolute Gasteiger partial charge is 0.319 e. The third kappa shape index (κ3) is 3.50. The molecule has 0 saturated heterocycles. The van der Waals surface area contributed by atoms with Crippen molar-refractivity contribution in [3.8, 4) is 0 Å². The molecule has 18 heavy (non-hydrogen) atoms. The molecule has 0 fully saturated rings. The third-order valence-electron chi connectivity index (χ3n) is 3.33. The monoisotopic (exact) mass is 256 g/mol. The van der Waals surface area contributed by atoms with Crippen molar-refractivity contribution in [2.24, 2.45) is 11.8 Å². The second-order valence-corrected chi connectivity index (χ2v) is 4.90. The van der Waals surface area contributed by atoms with Crippen molar-refractivity contribution < 1.29 is 8.78 Å². The Bertz CT molecular complexity index is 380. The summed E-state index contributed by atoms with van der Waals surface area (Å²) in [7, 11) is 3.64. The minimum Gasteiger partial charge on any atom is -0.319 e. The van der Waals surface area contributed by atoms with Crippen molar-refractivity contribution in [3.05, 3.63) is 35.4 Å². The molecule has 0 aliphatic heterocycles. The maximum atomic E-state index is 13.8. The molecule has 0 heterocycles. The van der Waals surface area contributed by atoms with E-state index >= 15 is 0 Å². The summed E-state index contributed by atoms with van der Waals surface area (Å²) < 4.78 is 27.1. The summed E-state index contributed by atoms with van der Waals surface area (Å²) >= 11 is 0. The van der Waals surface area contributed by atoms with Gasteiger partial charge in [-0.2, -0.15) is 0 Å². The van der Waals surface area contributed by atoms with Crippen LogP contribution in [0.15, 0.2) is 18.2 Å². The van der Waals surface area contributed by atoms with Crippen LogP contribution in [-0.2, 0) is 0 Å². The third-order valence-corrected chi connectivity index (χ3v) is 3.33. The first-order valence-corrected chi connectivity index (χ1v) is 6.28. The van der Waals surface area contributed by atoms with Crippen molar-refractivity contribution in [1.29, 1.82) is 0 Å². The molecule has 102 valence electrons. The SMILES string of the molecule is CNCC(C(C)C)C(NC)c1cc(F)ccc1F. The fourth-order valence-corrected chi connectivity index (χ4v) is 2.33. The Morgan fingerprint density at radius 2 is 1.83 bits per heavy atom. The zero-order valence-corrected chi connectivity index (χ0v) is 11.4. The minimum atomic E-state index is -0.404. The molecule has 4 heteroatoms. The lowest BCUT2D eigenvalue weighted by Gasteiger charge is -2.30. The molecule has 0 aliphatic rings. The number of hydrogen-bond acceptors (Lipinski definition) is 2. The molecule has 0 radical (unpaired) electrons. The van der Waals surface area contributed by atoms with E-state index in [9.17, 15) is 8.78 Å². The van der Waals surface area contributed by atoms with Gasteiger partial charge in [0.25, 0.3) is 0 Å². The minimum absolute atomic E-state index is 0.191. The molecule has 2 nitrogen and oxygen atoms in total. The van der Waals surface area contributed by atoms with E-state index in [1.807, 2.05) is 7.05 Å². The van der Waals surface area contributed by atoms with Gasteiger partial charge in [-0.15, -0.1) is 0 Å². The van der Waals surface area contributed by atoms with Gasteiger partial charge in [0.15, 0.2) is 0 Å². The summed E-state index contributed by atoms with van der Waals surface area (Å²) in [6.07, 6.45) is 0. The Kier molecular flexibility index (Phi) is 5.69. The summed E-state index contributed by atoms with van der Waals surface area (Å²) in [5.41, 5.74) is 0.395. The molecule has 1 aromatic rings. The smallest absolute Gasteiger partial charge is 0.128 e. The fraction of sp³-hybridized carbons (Fsp3) is 0.571. The summed E-state index contributed by atoms with van der Waals surface area (Å²) in [6, 6.07) is 3.41. The van der Waals surface area contributed by atoms with Gasteiger partial charge in [0.05, 0.1) is 0 Å². The van der Waals surface area contributed by atoms with E-state index in [0.717, 1.165) is 12.6 Å². The lowest BCUT2D eigenvalue weighted by molar-refractivity contribution is 0.279. The number of hydrogen-bond donors (Lipinski definition) is 2. The Morgan fingerprint density at radius 3 is 2.33 bits per heavy atom. The van der Waals surface area contributed by atoms with E-state index in [1.165, 1.54) is 12.1 Å². The zero-order valence-electron chi connectivity index (χ0n) is 11.4. The van der Waals surface area contributed by atoms with Crippen LogP contribution in [0, 0.1) is 23.5 Å². The Hall–Kier alpha value is -1.00. The quantitative estimate of drug-likeness (QED) is 0.817. The highest BCUT2D eigenvalue weighted by Crippen LogP contribution is 2.29. The predicted molar refractivity (Wildman–Crippen MR) is 70.4 cm³/mol. The summed E-state index contributed by atoms with van der Waals surface area (Å²) in [5.74, 6) is -0.218. The highest BCUT2D eigenvalue weighted by Gasteiger charge is 2.26. The molecule has 0 bridgehead atoms. The van der Waals surface area contributed by atoms with Gasteiger partial charge in [0, 0.05) is 11.6 Å². The van der Waals surface area contributed by atoms with Crippen molar-refractivity contribution in [1.82, 2.24) is 10.6 Å². The van der Waals surface area contributed by atoms with Gasteiger partial charge in [0.1, 0.15) is 11.6 Å². The first-order chi connectivity index (χ1) is 8.51. The summed E-state index contributed by atoms with van der Waals surface area (Å²) in [4.78, 5) is 0. The van der Waals surface area contributed by atoms with Crippen LogP contribution in [0.25, 0.3) is 0 Å². The van der Waals surface area contributed by atoms with E-state index in [4.69, 9.17) is 0 Å². The Morgan fingerprint density at radius 1 is 1.17 bits per heavy atom. The maximum Gasteiger partial charge on any atom is 0.128 e. The number of halogens is 2. The number of benzene rings is 1. The first-order valence-electron chi connectivity index (χ1n) is 6.28. The predicted octanol–water partition coefficient (Wildman–Crippen LogP) is 2.72. The van der Waals surface area contributed by atoms with Gasteiger partial charge in [0.2, 0.25) is 0 Å². The average molecular weight is 256 g/mol. The maximum absolute atomic E-state index is 13.8. The van der Waals surface area contributed by atoms with Crippen LogP contribution in [0.3, 0.4) is 0 Å². The van der Waals surface area contributed by atoms with Crippen molar-refractivity contribution in [2.45, 2.75) is 19.9 Å². The van der Waals surface area contributed by atoms with Gasteiger partial charge in [-0.1, -0.05) is 13.8 Å². The van der Waals surface area contributed by atoms with E-state index < -0.39 is 5.82 Å². The molecule has 0 amide bonds. The number of rotatable bonds is 6. The molecular weight excluding hydrogens is 234 g/mol. The van der Waals surface area contributed by atoms with E-state index in [0.29, 0.717) is 11.5 Å². The normalized spacial score (nSPS) is 14.8. The second-order valence-electron chi connectivity index (χ2n) is 4.90. The molecule has 1 aromatic carbocycles. The summed E-state index contributed by atoms with van der Waals surface area (Å²) in [6.45, 7) is 4.92. The standard InChI is InChI=1S/C14H22F2N2/c1-9(2)12(8-17-3)14(18-4)11-7-10(15)5-6-13(11)16/h5-7,9,12,14,17-18H,8H2,1-4H3. The van der Waals surface area contributed by atoms with Crippen LogP contribution >= 0.6 is 0 Å². The van der Waals surface area contributed by atoms with Gasteiger partial charge in [-0.3, -0.25) is 0 Å². The first kappa shape index (κ1) is 15.1. The number of nitrogens with one attached hydrogen (secondary N) is 2. The van der Waals surface area contributed by atoms with Gasteiger partial charge in [-0.05, 0) is 50.7 Å². The Labute approximate surface area is 108 Å². The topological polar surface area (TPSA) is 24.1 Å². The average Bonchev–Trinajstić information content (AvgIpc) is 2.33. The molecule has 0 spiro atoms. The molecule has 2 unspecified atom stereocenters. The fourth-order valence-electron chi connectivity index (χ4n) is 2.33. The lowest BCUT2D eigenvalue weighted by Crippen LogP contribution is -2.35. The van der Waals surface area contributed by atoms with Gasteiger partial charge in [-0.25, -0.2) is 8.78 Å². The van der Waals surface area contributed by atoms with Crippen molar-refractivity contribution in [3.63, 3.8) is 0 Å².